The number of nitrogens with zero attached hydrogens (tertiary/aromatic N) is 2. The van der Waals surface area contributed by atoms with Gasteiger partial charge in [-0.15, -0.1) is 0 Å². The van der Waals surface area contributed by atoms with Crippen LogP contribution in [0.3, 0.4) is 0 Å². The molecule has 2 N–H and O–H groups in total. The fraction of sp³-hybridized carbons (Fsp3) is 0.571. The zero-order valence-corrected chi connectivity index (χ0v) is 12.2. The molecule has 6 heteroatoms. The SMILES string of the molecule is CNc1cc(NC2CCN(C)CC2C)cc([N+](=O)[O-])c1. The lowest BCUT2D eigenvalue weighted by molar-refractivity contribution is -0.384. The molecule has 0 aromatic heterocycles. The number of piperidine rings is 1. The van der Waals surface area contributed by atoms with E-state index >= 15 is 0 Å². The third-order valence-electron chi connectivity index (χ3n) is 3.88. The van der Waals surface area contributed by atoms with Gasteiger partial charge in [-0.2, -0.15) is 0 Å². The summed E-state index contributed by atoms with van der Waals surface area (Å²) in [6, 6.07) is 5.42. The second-order valence-corrected chi connectivity index (χ2v) is 5.55. The van der Waals surface area contributed by atoms with E-state index in [1.54, 1.807) is 19.2 Å². The van der Waals surface area contributed by atoms with Gasteiger partial charge in [0.05, 0.1) is 4.92 Å². The van der Waals surface area contributed by atoms with Crippen molar-refractivity contribution in [3.63, 3.8) is 0 Å². The summed E-state index contributed by atoms with van der Waals surface area (Å²) in [6.45, 7) is 4.31. The molecule has 2 atom stereocenters. The number of hydrogen-bond donors (Lipinski definition) is 2. The highest BCUT2D eigenvalue weighted by molar-refractivity contribution is 5.63. The van der Waals surface area contributed by atoms with Crippen LogP contribution in [0.4, 0.5) is 17.1 Å². The van der Waals surface area contributed by atoms with Crippen molar-refractivity contribution in [3.8, 4) is 0 Å². The van der Waals surface area contributed by atoms with Gasteiger partial charge in [-0.3, -0.25) is 10.1 Å². The molecule has 20 heavy (non-hydrogen) atoms. The minimum absolute atomic E-state index is 0.111. The van der Waals surface area contributed by atoms with Gasteiger partial charge in [-0.05, 0) is 32.0 Å². The van der Waals surface area contributed by atoms with Gasteiger partial charge in [0.15, 0.2) is 0 Å². The zero-order chi connectivity index (χ0) is 14.7. The van der Waals surface area contributed by atoms with E-state index in [0.717, 1.165) is 30.9 Å². The number of anilines is 2. The molecule has 0 amide bonds. The first-order valence-electron chi connectivity index (χ1n) is 6.92. The van der Waals surface area contributed by atoms with Gasteiger partial charge in [0.2, 0.25) is 0 Å². The fourth-order valence-corrected chi connectivity index (χ4v) is 2.73. The van der Waals surface area contributed by atoms with E-state index in [-0.39, 0.29) is 10.6 Å². The largest absolute Gasteiger partial charge is 0.388 e. The van der Waals surface area contributed by atoms with Gasteiger partial charge in [-0.1, -0.05) is 6.92 Å². The van der Waals surface area contributed by atoms with Crippen LogP contribution in [-0.2, 0) is 0 Å². The van der Waals surface area contributed by atoms with Gasteiger partial charge >= 0.3 is 0 Å². The molecule has 0 aliphatic carbocycles. The molecular formula is C14H22N4O2. The maximum absolute atomic E-state index is 11.0. The van der Waals surface area contributed by atoms with Gasteiger partial charge in [-0.25, -0.2) is 0 Å². The minimum Gasteiger partial charge on any atom is -0.388 e. The van der Waals surface area contributed by atoms with Crippen LogP contribution in [0.1, 0.15) is 13.3 Å². The Balaban J connectivity index is 2.16. The maximum atomic E-state index is 11.0. The van der Waals surface area contributed by atoms with Crippen molar-refractivity contribution in [2.45, 2.75) is 19.4 Å². The van der Waals surface area contributed by atoms with Gasteiger partial charge in [0.1, 0.15) is 0 Å². The molecule has 0 spiro atoms. The minimum atomic E-state index is -0.357. The molecular weight excluding hydrogens is 256 g/mol. The van der Waals surface area contributed by atoms with E-state index < -0.39 is 0 Å². The molecule has 0 bridgehead atoms. The summed E-state index contributed by atoms with van der Waals surface area (Å²) in [5.74, 6) is 0.519. The smallest absolute Gasteiger partial charge is 0.273 e. The predicted molar refractivity (Wildman–Crippen MR) is 81.3 cm³/mol. The van der Waals surface area contributed by atoms with E-state index in [2.05, 4.69) is 29.5 Å². The van der Waals surface area contributed by atoms with Crippen molar-refractivity contribution in [1.29, 1.82) is 0 Å². The maximum Gasteiger partial charge on any atom is 0.273 e. The van der Waals surface area contributed by atoms with Crippen LogP contribution in [0.15, 0.2) is 18.2 Å². The predicted octanol–water partition coefficient (Wildman–Crippen LogP) is 2.39. The summed E-state index contributed by atoms with van der Waals surface area (Å²) < 4.78 is 0. The Morgan fingerprint density at radius 1 is 1.35 bits per heavy atom. The molecule has 1 aromatic carbocycles. The summed E-state index contributed by atoms with van der Waals surface area (Å²) in [5.41, 5.74) is 1.67. The highest BCUT2D eigenvalue weighted by Gasteiger charge is 2.24. The first-order valence-corrected chi connectivity index (χ1v) is 6.92. The van der Waals surface area contributed by atoms with Crippen molar-refractivity contribution >= 4 is 17.1 Å². The third kappa shape index (κ3) is 3.39. The first-order chi connectivity index (χ1) is 9.49. The van der Waals surface area contributed by atoms with Crippen LogP contribution in [0.25, 0.3) is 0 Å². The Labute approximate surface area is 119 Å². The lowest BCUT2D eigenvalue weighted by Crippen LogP contribution is -2.43. The van der Waals surface area contributed by atoms with E-state index in [0.29, 0.717) is 12.0 Å². The number of likely N-dealkylation sites (tertiary alicyclic amines) is 1. The van der Waals surface area contributed by atoms with Crippen LogP contribution in [0.2, 0.25) is 0 Å². The Morgan fingerprint density at radius 3 is 2.65 bits per heavy atom. The normalized spacial score (nSPS) is 23.4. The van der Waals surface area contributed by atoms with Crippen molar-refractivity contribution in [2.75, 3.05) is 37.8 Å². The summed E-state index contributed by atoms with van der Waals surface area (Å²) in [7, 11) is 3.89. The number of benzene rings is 1. The Hall–Kier alpha value is -1.82. The van der Waals surface area contributed by atoms with E-state index in [1.807, 2.05) is 6.07 Å². The standard InChI is InChI=1S/C14H22N4O2/c1-10-9-17(3)5-4-14(10)16-12-6-11(15-2)7-13(8-12)18(19)20/h6-8,10,14-16H,4-5,9H2,1-3H3. The lowest BCUT2D eigenvalue weighted by atomic mass is 9.94. The monoisotopic (exact) mass is 278 g/mol. The number of nitro benzene ring substituents is 1. The molecule has 1 heterocycles. The molecule has 110 valence electrons. The number of hydrogen-bond acceptors (Lipinski definition) is 5. The summed E-state index contributed by atoms with van der Waals surface area (Å²) >= 11 is 0. The summed E-state index contributed by atoms with van der Waals surface area (Å²) in [4.78, 5) is 12.9. The lowest BCUT2D eigenvalue weighted by Gasteiger charge is -2.35. The van der Waals surface area contributed by atoms with Gasteiger partial charge in [0, 0.05) is 43.1 Å². The second-order valence-electron chi connectivity index (χ2n) is 5.55. The topological polar surface area (TPSA) is 70.4 Å². The Morgan fingerprint density at radius 2 is 2.05 bits per heavy atom. The van der Waals surface area contributed by atoms with Crippen LogP contribution < -0.4 is 10.6 Å². The van der Waals surface area contributed by atoms with Crippen molar-refractivity contribution in [2.24, 2.45) is 5.92 Å². The highest BCUT2D eigenvalue weighted by atomic mass is 16.6. The Bertz CT molecular complexity index is 492. The molecule has 1 saturated heterocycles. The number of rotatable bonds is 4. The number of non-ortho nitro benzene ring substituents is 1. The Kier molecular flexibility index (Phi) is 4.44. The third-order valence-corrected chi connectivity index (χ3v) is 3.88. The van der Waals surface area contributed by atoms with Gasteiger partial charge in [0.25, 0.3) is 5.69 Å². The summed E-state index contributed by atoms with van der Waals surface area (Å²) in [6.07, 6.45) is 1.05. The van der Waals surface area contributed by atoms with Crippen LogP contribution in [-0.4, -0.2) is 43.0 Å². The van der Waals surface area contributed by atoms with Crippen molar-refractivity contribution < 1.29 is 4.92 Å². The van der Waals surface area contributed by atoms with Crippen LogP contribution >= 0.6 is 0 Å². The zero-order valence-electron chi connectivity index (χ0n) is 12.2. The molecule has 0 radical (unpaired) electrons. The molecule has 2 rings (SSSR count). The quantitative estimate of drug-likeness (QED) is 0.653. The average Bonchev–Trinajstić information content (AvgIpc) is 2.41. The first kappa shape index (κ1) is 14.6. The number of nitrogens with one attached hydrogen (secondary N) is 2. The molecule has 0 saturated carbocycles. The van der Waals surface area contributed by atoms with E-state index in [1.165, 1.54) is 0 Å². The summed E-state index contributed by atoms with van der Waals surface area (Å²) in [5, 5.41) is 17.4. The molecule has 1 aromatic rings. The van der Waals surface area contributed by atoms with Crippen LogP contribution in [0.5, 0.6) is 0 Å². The highest BCUT2D eigenvalue weighted by Crippen LogP contribution is 2.27. The molecule has 1 fully saturated rings. The van der Waals surface area contributed by atoms with Crippen molar-refractivity contribution in [1.82, 2.24) is 4.90 Å². The molecule has 1 aliphatic heterocycles. The molecule has 6 nitrogen and oxygen atoms in total. The van der Waals surface area contributed by atoms with Crippen molar-refractivity contribution in [3.05, 3.63) is 28.3 Å². The van der Waals surface area contributed by atoms with Gasteiger partial charge < -0.3 is 15.5 Å². The number of nitro groups is 1. The average molecular weight is 278 g/mol. The molecule has 2 unspecified atom stereocenters. The fourth-order valence-electron chi connectivity index (χ4n) is 2.73. The second kappa shape index (κ2) is 6.09. The van der Waals surface area contributed by atoms with Crippen LogP contribution in [0, 0.1) is 16.0 Å². The molecule has 1 aliphatic rings. The van der Waals surface area contributed by atoms with E-state index in [4.69, 9.17) is 0 Å². The van der Waals surface area contributed by atoms with E-state index in [9.17, 15) is 10.1 Å².